The minimum absolute atomic E-state index is 0.0687. The number of nitrogens with one attached hydrogen (secondary N) is 3. The monoisotopic (exact) mass is 443 g/mol. The summed E-state index contributed by atoms with van der Waals surface area (Å²) in [5, 5.41) is 10.8. The van der Waals surface area contributed by atoms with E-state index < -0.39 is 24.2 Å². The molecule has 4 aromatic rings. The van der Waals surface area contributed by atoms with Gasteiger partial charge in [-0.15, -0.1) is 0 Å². The molecule has 1 aliphatic rings. The Morgan fingerprint density at radius 1 is 1.25 bits per heavy atom. The second-order valence-corrected chi connectivity index (χ2v) is 7.73. The zero-order valence-electron chi connectivity index (χ0n) is 16.8. The summed E-state index contributed by atoms with van der Waals surface area (Å²) < 4.78 is 47.3. The van der Waals surface area contributed by atoms with E-state index in [9.17, 15) is 18.0 Å². The lowest BCUT2D eigenvalue weighted by atomic mass is 10.0. The molecule has 0 aliphatic carbocycles. The van der Waals surface area contributed by atoms with Crippen molar-refractivity contribution in [1.29, 1.82) is 0 Å². The van der Waals surface area contributed by atoms with Crippen LogP contribution in [0.2, 0.25) is 0 Å². The summed E-state index contributed by atoms with van der Waals surface area (Å²) >= 11 is 0. The number of fused-ring (bicyclic) bond motifs is 2. The van der Waals surface area contributed by atoms with Gasteiger partial charge in [0.25, 0.3) is 5.91 Å². The number of para-hydroxylation sites is 1. The van der Waals surface area contributed by atoms with Gasteiger partial charge < -0.3 is 20.0 Å². The summed E-state index contributed by atoms with van der Waals surface area (Å²) in [7, 11) is 0. The van der Waals surface area contributed by atoms with E-state index in [1.165, 1.54) is 12.3 Å². The molecular weight excluding hydrogens is 423 g/mol. The van der Waals surface area contributed by atoms with Gasteiger partial charge in [0.15, 0.2) is 11.7 Å². The first-order valence-corrected chi connectivity index (χ1v) is 10.2. The molecule has 10 heteroatoms. The zero-order valence-corrected chi connectivity index (χ0v) is 16.8. The fourth-order valence-corrected chi connectivity index (χ4v) is 4.10. The molecule has 1 aliphatic heterocycles. The highest BCUT2D eigenvalue weighted by Gasteiger charge is 2.47. The first-order valence-electron chi connectivity index (χ1n) is 10.2. The third-order valence-electron chi connectivity index (χ3n) is 5.66. The van der Waals surface area contributed by atoms with Crippen molar-refractivity contribution in [1.82, 2.24) is 20.1 Å². The van der Waals surface area contributed by atoms with Crippen LogP contribution in [0, 0.1) is 0 Å². The first-order chi connectivity index (χ1) is 15.4. The summed E-state index contributed by atoms with van der Waals surface area (Å²) in [5.74, 6) is 0.00204. The smallest absolute Gasteiger partial charge is 0.410 e. The van der Waals surface area contributed by atoms with Crippen molar-refractivity contribution in [2.75, 3.05) is 11.9 Å². The van der Waals surface area contributed by atoms with Crippen LogP contribution in [0.15, 0.2) is 59.3 Å². The van der Waals surface area contributed by atoms with Crippen LogP contribution in [0.1, 0.15) is 40.3 Å². The van der Waals surface area contributed by atoms with Crippen LogP contribution in [0.5, 0.6) is 0 Å². The summed E-state index contributed by atoms with van der Waals surface area (Å²) in [6, 6.07) is 9.89. The Morgan fingerprint density at radius 3 is 2.88 bits per heavy atom. The van der Waals surface area contributed by atoms with Gasteiger partial charge in [0.1, 0.15) is 11.6 Å². The van der Waals surface area contributed by atoms with Gasteiger partial charge in [-0.2, -0.15) is 18.3 Å². The molecule has 0 spiro atoms. The van der Waals surface area contributed by atoms with Gasteiger partial charge in [-0.1, -0.05) is 18.2 Å². The highest BCUT2D eigenvalue weighted by molar-refractivity contribution is 5.93. The number of halogens is 3. The standard InChI is InChI=1S/C22H20F3N5O2/c23-22(24,25)19-10-16(18-6-3-9-32-18)28-20-11-17(29-30(19)20)21(31)26-8-7-13-12-27-15-5-2-1-4-14(13)15/h1-6,9,11-12,16,19,27-28H,7-8,10H2,(H,26,31)/t16-,19+/m1/s1. The van der Waals surface area contributed by atoms with Crippen molar-refractivity contribution in [2.45, 2.75) is 31.1 Å². The number of benzene rings is 1. The molecule has 1 aromatic carbocycles. The maximum absolute atomic E-state index is 13.7. The Morgan fingerprint density at radius 2 is 2.09 bits per heavy atom. The lowest BCUT2D eigenvalue weighted by Gasteiger charge is -2.32. The van der Waals surface area contributed by atoms with E-state index in [-0.39, 0.29) is 17.9 Å². The number of carbonyl (C=O) groups excluding carboxylic acids is 1. The number of aromatic nitrogens is 3. The largest absolute Gasteiger partial charge is 0.467 e. The Labute approximate surface area is 180 Å². The highest BCUT2D eigenvalue weighted by Crippen LogP contribution is 2.43. The second-order valence-electron chi connectivity index (χ2n) is 7.73. The van der Waals surface area contributed by atoms with Crippen molar-refractivity contribution < 1.29 is 22.4 Å². The average Bonchev–Trinajstić information content (AvgIpc) is 3.51. The van der Waals surface area contributed by atoms with Crippen molar-refractivity contribution in [3.63, 3.8) is 0 Å². The molecule has 7 nitrogen and oxygen atoms in total. The fraction of sp³-hybridized carbons (Fsp3) is 0.273. The molecule has 0 unspecified atom stereocenters. The van der Waals surface area contributed by atoms with E-state index in [0.717, 1.165) is 21.1 Å². The summed E-state index contributed by atoms with van der Waals surface area (Å²) in [5.41, 5.74) is 1.98. The van der Waals surface area contributed by atoms with E-state index in [4.69, 9.17) is 4.42 Å². The number of hydrogen-bond acceptors (Lipinski definition) is 4. The number of nitrogens with zero attached hydrogens (tertiary/aromatic N) is 2. The zero-order chi connectivity index (χ0) is 22.3. The molecule has 2 atom stereocenters. The molecule has 0 fully saturated rings. The number of rotatable bonds is 5. The first kappa shape index (κ1) is 20.2. The lowest BCUT2D eigenvalue weighted by molar-refractivity contribution is -0.174. The minimum Gasteiger partial charge on any atom is -0.467 e. The Hall–Kier alpha value is -3.69. The van der Waals surface area contributed by atoms with E-state index >= 15 is 0 Å². The number of amides is 1. The van der Waals surface area contributed by atoms with Crippen LogP contribution in [0.25, 0.3) is 10.9 Å². The molecule has 0 saturated heterocycles. The number of alkyl halides is 3. The molecule has 3 N–H and O–H groups in total. The topological polar surface area (TPSA) is 87.9 Å². The number of hydrogen-bond donors (Lipinski definition) is 3. The molecular formula is C22H20F3N5O2. The SMILES string of the molecule is O=C(NCCc1c[nH]c2ccccc12)c1cc2n(n1)[C@H](C(F)(F)F)C[C@H](c1ccco1)N2. The number of H-pyrrole nitrogens is 1. The van der Waals surface area contributed by atoms with Crippen molar-refractivity contribution in [3.05, 3.63) is 71.9 Å². The van der Waals surface area contributed by atoms with Gasteiger partial charge in [0.05, 0.1) is 12.3 Å². The molecule has 0 saturated carbocycles. The maximum atomic E-state index is 13.7. The minimum atomic E-state index is -4.52. The van der Waals surface area contributed by atoms with E-state index in [1.54, 1.807) is 12.1 Å². The molecule has 5 rings (SSSR count). The van der Waals surface area contributed by atoms with Crippen LogP contribution >= 0.6 is 0 Å². The molecule has 166 valence electrons. The average molecular weight is 443 g/mol. The van der Waals surface area contributed by atoms with Crippen LogP contribution in [0.4, 0.5) is 19.0 Å². The molecule has 4 heterocycles. The molecule has 0 radical (unpaired) electrons. The van der Waals surface area contributed by atoms with Gasteiger partial charge in [0, 0.05) is 36.1 Å². The molecule has 1 amide bonds. The third kappa shape index (κ3) is 3.72. The van der Waals surface area contributed by atoms with E-state index in [0.29, 0.717) is 18.7 Å². The molecule has 0 bridgehead atoms. The highest BCUT2D eigenvalue weighted by atomic mass is 19.4. The third-order valence-corrected chi connectivity index (χ3v) is 5.66. The predicted octanol–water partition coefficient (Wildman–Crippen LogP) is 4.59. The normalized spacial score (nSPS) is 18.3. The number of furan rings is 1. The summed E-state index contributed by atoms with van der Waals surface area (Å²) in [4.78, 5) is 15.8. The number of aromatic amines is 1. The van der Waals surface area contributed by atoms with E-state index in [2.05, 4.69) is 20.7 Å². The van der Waals surface area contributed by atoms with E-state index in [1.807, 2.05) is 30.5 Å². The molecule has 3 aromatic heterocycles. The Kier molecular flexibility index (Phi) is 4.91. The van der Waals surface area contributed by atoms with Crippen LogP contribution in [-0.4, -0.2) is 33.4 Å². The number of anilines is 1. The summed E-state index contributed by atoms with van der Waals surface area (Å²) in [6.45, 7) is 0.327. The van der Waals surface area contributed by atoms with Gasteiger partial charge in [-0.05, 0) is 30.2 Å². The van der Waals surface area contributed by atoms with Gasteiger partial charge >= 0.3 is 6.18 Å². The quantitative estimate of drug-likeness (QED) is 0.421. The maximum Gasteiger partial charge on any atom is 0.410 e. The second kappa shape index (κ2) is 7.77. The van der Waals surface area contributed by atoms with Gasteiger partial charge in [0.2, 0.25) is 0 Å². The predicted molar refractivity (Wildman–Crippen MR) is 111 cm³/mol. The lowest BCUT2D eigenvalue weighted by Crippen LogP contribution is -2.35. The fourth-order valence-electron chi connectivity index (χ4n) is 4.10. The van der Waals surface area contributed by atoms with Crippen molar-refractivity contribution >= 4 is 22.6 Å². The van der Waals surface area contributed by atoms with Gasteiger partial charge in [-0.3, -0.25) is 4.79 Å². The molecule has 32 heavy (non-hydrogen) atoms. The number of carbonyl (C=O) groups is 1. The van der Waals surface area contributed by atoms with Crippen LogP contribution < -0.4 is 10.6 Å². The van der Waals surface area contributed by atoms with Crippen LogP contribution in [-0.2, 0) is 6.42 Å². The van der Waals surface area contributed by atoms with Gasteiger partial charge in [-0.25, -0.2) is 4.68 Å². The Balaban J connectivity index is 1.31. The van der Waals surface area contributed by atoms with Crippen molar-refractivity contribution in [3.8, 4) is 0 Å². The van der Waals surface area contributed by atoms with Crippen LogP contribution in [0.3, 0.4) is 0 Å². The summed E-state index contributed by atoms with van der Waals surface area (Å²) in [6.07, 6.45) is -0.922. The Bertz CT molecular complexity index is 1240. The van der Waals surface area contributed by atoms with Crippen molar-refractivity contribution in [2.24, 2.45) is 0 Å².